The van der Waals surface area contributed by atoms with Crippen molar-refractivity contribution in [2.24, 2.45) is 0 Å². The van der Waals surface area contributed by atoms with Gasteiger partial charge in [-0.15, -0.1) is 0 Å². The third kappa shape index (κ3) is 2.40. The summed E-state index contributed by atoms with van der Waals surface area (Å²) in [6, 6.07) is 25.3. The fraction of sp³-hybridized carbons (Fsp3) is 0.0952. The summed E-state index contributed by atoms with van der Waals surface area (Å²) in [6.45, 7) is 0. The standard InChI is InChI=1S/C21H16ClNO/c22-17-12-10-16(11-13-17)21(14-15-6-2-1-3-7-15)20(24)18-8-4-5-9-19(18)23-21/h1-13,23H,14H2. The zero-order chi connectivity index (χ0) is 16.6. The largest absolute Gasteiger partial charge is 0.368 e. The number of ketones is 1. The minimum atomic E-state index is -0.796. The van der Waals surface area contributed by atoms with Crippen LogP contribution >= 0.6 is 11.6 Å². The Morgan fingerprint density at radius 3 is 2.21 bits per heavy atom. The Bertz CT molecular complexity index is 889. The van der Waals surface area contributed by atoms with Gasteiger partial charge in [0.25, 0.3) is 0 Å². The van der Waals surface area contributed by atoms with Crippen molar-refractivity contribution < 1.29 is 4.79 Å². The molecule has 3 aromatic rings. The van der Waals surface area contributed by atoms with Gasteiger partial charge in [-0.1, -0.05) is 66.2 Å². The lowest BCUT2D eigenvalue weighted by atomic mass is 9.80. The van der Waals surface area contributed by atoms with Crippen molar-refractivity contribution in [3.63, 3.8) is 0 Å². The average molecular weight is 334 g/mol. The van der Waals surface area contributed by atoms with Crippen LogP contribution in [0.4, 0.5) is 5.69 Å². The fourth-order valence-corrected chi connectivity index (χ4v) is 3.50. The van der Waals surface area contributed by atoms with Crippen LogP contribution in [0.3, 0.4) is 0 Å². The van der Waals surface area contributed by atoms with Gasteiger partial charge in [-0.2, -0.15) is 0 Å². The summed E-state index contributed by atoms with van der Waals surface area (Å²) >= 11 is 6.04. The summed E-state index contributed by atoms with van der Waals surface area (Å²) < 4.78 is 0. The molecule has 3 heteroatoms. The summed E-state index contributed by atoms with van der Waals surface area (Å²) in [6.07, 6.45) is 0.586. The second-order valence-electron chi connectivity index (χ2n) is 6.07. The molecule has 1 unspecified atom stereocenters. The summed E-state index contributed by atoms with van der Waals surface area (Å²) in [5.41, 5.74) is 2.87. The predicted molar refractivity (Wildman–Crippen MR) is 97.7 cm³/mol. The molecule has 0 radical (unpaired) electrons. The third-order valence-corrected chi connectivity index (χ3v) is 4.81. The Kier molecular flexibility index (Phi) is 3.62. The van der Waals surface area contributed by atoms with Crippen LogP contribution in [0.15, 0.2) is 78.9 Å². The van der Waals surface area contributed by atoms with Gasteiger partial charge in [0.2, 0.25) is 0 Å². The van der Waals surface area contributed by atoms with Crippen molar-refractivity contribution in [1.29, 1.82) is 0 Å². The molecule has 0 amide bonds. The molecular weight excluding hydrogens is 318 g/mol. The Morgan fingerprint density at radius 1 is 0.833 bits per heavy atom. The number of rotatable bonds is 3. The maximum atomic E-state index is 13.3. The number of para-hydroxylation sites is 1. The summed E-state index contributed by atoms with van der Waals surface area (Å²) in [5.74, 6) is 0.101. The molecule has 118 valence electrons. The normalized spacial score (nSPS) is 19.0. The van der Waals surface area contributed by atoms with Crippen molar-refractivity contribution in [1.82, 2.24) is 0 Å². The van der Waals surface area contributed by atoms with E-state index in [9.17, 15) is 4.79 Å². The van der Waals surface area contributed by atoms with E-state index < -0.39 is 5.54 Å². The first-order chi connectivity index (χ1) is 11.7. The van der Waals surface area contributed by atoms with Crippen LogP contribution in [0.5, 0.6) is 0 Å². The van der Waals surface area contributed by atoms with Gasteiger partial charge in [0.1, 0.15) is 5.54 Å². The molecule has 1 heterocycles. The van der Waals surface area contributed by atoms with Crippen molar-refractivity contribution in [3.8, 4) is 0 Å². The third-order valence-electron chi connectivity index (χ3n) is 4.56. The number of hydrogen-bond donors (Lipinski definition) is 1. The highest BCUT2D eigenvalue weighted by molar-refractivity contribution is 6.30. The molecule has 0 aliphatic carbocycles. The van der Waals surface area contributed by atoms with Gasteiger partial charge in [0.15, 0.2) is 5.78 Å². The zero-order valence-corrected chi connectivity index (χ0v) is 13.8. The highest BCUT2D eigenvalue weighted by atomic mass is 35.5. The van der Waals surface area contributed by atoms with Crippen LogP contribution in [-0.2, 0) is 12.0 Å². The highest BCUT2D eigenvalue weighted by Crippen LogP contribution is 2.41. The molecule has 2 nitrogen and oxygen atoms in total. The van der Waals surface area contributed by atoms with E-state index in [0.717, 1.165) is 22.4 Å². The minimum absolute atomic E-state index is 0.101. The molecule has 1 atom stereocenters. The van der Waals surface area contributed by atoms with E-state index in [2.05, 4.69) is 17.4 Å². The Labute approximate surface area is 146 Å². The number of benzene rings is 3. The van der Waals surface area contributed by atoms with Gasteiger partial charge in [-0.25, -0.2) is 0 Å². The van der Waals surface area contributed by atoms with Crippen LogP contribution in [0, 0.1) is 0 Å². The highest BCUT2D eigenvalue weighted by Gasteiger charge is 2.46. The zero-order valence-electron chi connectivity index (χ0n) is 13.0. The van der Waals surface area contributed by atoms with Crippen LogP contribution in [0.1, 0.15) is 21.5 Å². The van der Waals surface area contributed by atoms with Crippen LogP contribution in [-0.4, -0.2) is 5.78 Å². The van der Waals surface area contributed by atoms with E-state index in [1.165, 1.54) is 0 Å². The topological polar surface area (TPSA) is 29.1 Å². The molecule has 4 rings (SSSR count). The number of carbonyl (C=O) groups is 1. The van der Waals surface area contributed by atoms with Crippen LogP contribution < -0.4 is 5.32 Å². The summed E-state index contributed by atoms with van der Waals surface area (Å²) in [4.78, 5) is 13.3. The molecular formula is C21H16ClNO. The SMILES string of the molecule is O=C1c2ccccc2NC1(Cc1ccccc1)c1ccc(Cl)cc1. The number of halogens is 1. The van der Waals surface area contributed by atoms with Crippen LogP contribution in [0.2, 0.25) is 5.02 Å². The molecule has 24 heavy (non-hydrogen) atoms. The van der Waals surface area contributed by atoms with Gasteiger partial charge in [-0.3, -0.25) is 4.79 Å². The van der Waals surface area contributed by atoms with E-state index in [4.69, 9.17) is 11.6 Å². The molecule has 1 aliphatic rings. The molecule has 0 spiro atoms. The fourth-order valence-electron chi connectivity index (χ4n) is 3.37. The maximum Gasteiger partial charge on any atom is 0.195 e. The number of fused-ring (bicyclic) bond motifs is 1. The minimum Gasteiger partial charge on any atom is -0.368 e. The van der Waals surface area contributed by atoms with Crippen molar-refractivity contribution >= 4 is 23.1 Å². The molecule has 1 N–H and O–H groups in total. The molecule has 3 aromatic carbocycles. The Morgan fingerprint density at radius 2 is 1.50 bits per heavy atom. The molecule has 1 aliphatic heterocycles. The van der Waals surface area contributed by atoms with E-state index in [0.29, 0.717) is 11.4 Å². The van der Waals surface area contributed by atoms with Gasteiger partial charge in [0, 0.05) is 22.7 Å². The quantitative estimate of drug-likeness (QED) is 0.723. The number of nitrogens with one attached hydrogen (secondary N) is 1. The van der Waals surface area contributed by atoms with Gasteiger partial charge >= 0.3 is 0 Å². The van der Waals surface area contributed by atoms with Crippen molar-refractivity contribution in [3.05, 3.63) is 101 Å². The molecule has 0 fully saturated rings. The second-order valence-corrected chi connectivity index (χ2v) is 6.51. The predicted octanol–water partition coefficient (Wildman–Crippen LogP) is 5.09. The Hall–Kier alpha value is -2.58. The molecule has 0 bridgehead atoms. The molecule has 0 saturated heterocycles. The van der Waals surface area contributed by atoms with Gasteiger partial charge in [-0.05, 0) is 35.4 Å². The Balaban J connectivity index is 1.85. The number of hydrogen-bond acceptors (Lipinski definition) is 2. The number of carbonyl (C=O) groups excluding carboxylic acids is 1. The molecule has 0 saturated carbocycles. The smallest absolute Gasteiger partial charge is 0.195 e. The van der Waals surface area contributed by atoms with E-state index >= 15 is 0 Å². The maximum absolute atomic E-state index is 13.3. The van der Waals surface area contributed by atoms with Crippen molar-refractivity contribution in [2.45, 2.75) is 12.0 Å². The first-order valence-corrected chi connectivity index (χ1v) is 8.29. The monoisotopic (exact) mass is 333 g/mol. The lowest BCUT2D eigenvalue weighted by Gasteiger charge is -2.29. The van der Waals surface area contributed by atoms with Gasteiger partial charge in [0.05, 0.1) is 0 Å². The van der Waals surface area contributed by atoms with Gasteiger partial charge < -0.3 is 5.32 Å². The van der Waals surface area contributed by atoms with Crippen molar-refractivity contribution in [2.75, 3.05) is 5.32 Å². The first-order valence-electron chi connectivity index (χ1n) is 7.91. The number of Topliss-reactive ketones (excluding diaryl/α,β-unsaturated/α-hetero) is 1. The van der Waals surface area contributed by atoms with E-state index in [1.54, 1.807) is 0 Å². The van der Waals surface area contributed by atoms with Crippen LogP contribution in [0.25, 0.3) is 0 Å². The second kappa shape index (κ2) is 5.81. The number of anilines is 1. The lowest BCUT2D eigenvalue weighted by Crippen LogP contribution is -2.40. The lowest BCUT2D eigenvalue weighted by molar-refractivity contribution is 0.0916. The summed E-state index contributed by atoms with van der Waals surface area (Å²) in [7, 11) is 0. The average Bonchev–Trinajstić information content (AvgIpc) is 2.90. The van der Waals surface area contributed by atoms with E-state index in [-0.39, 0.29) is 5.78 Å². The van der Waals surface area contributed by atoms with E-state index in [1.807, 2.05) is 66.7 Å². The molecule has 0 aromatic heterocycles. The first kappa shape index (κ1) is 15.0. The summed E-state index contributed by atoms with van der Waals surface area (Å²) in [5, 5.41) is 4.15.